The summed E-state index contributed by atoms with van der Waals surface area (Å²) < 4.78 is 26.5. The highest BCUT2D eigenvalue weighted by Gasteiger charge is 2.31. The Morgan fingerprint density at radius 1 is 1.25 bits per heavy atom. The molecular weight excluding hydrogens is 274 g/mol. The van der Waals surface area contributed by atoms with Gasteiger partial charge < -0.3 is 4.90 Å². The average molecular weight is 294 g/mol. The normalized spacial score (nSPS) is 19.4. The molecule has 1 aliphatic rings. The third-order valence-corrected chi connectivity index (χ3v) is 5.74. The predicted octanol–water partition coefficient (Wildman–Crippen LogP) is -0.204. The molecule has 1 heterocycles. The Balaban J connectivity index is 2.10. The van der Waals surface area contributed by atoms with Crippen LogP contribution in [0.5, 0.6) is 0 Å². The molecule has 108 valence electrons. The van der Waals surface area contributed by atoms with E-state index >= 15 is 0 Å². The number of nitrogens with zero attached hydrogens (tertiary/aromatic N) is 2. The van der Waals surface area contributed by atoms with Crippen LogP contribution in [-0.4, -0.2) is 44.9 Å². The number of hydrogen-bond acceptors (Lipinski definition) is 3. The van der Waals surface area contributed by atoms with Gasteiger partial charge in [-0.25, -0.2) is 8.42 Å². The fourth-order valence-electron chi connectivity index (χ4n) is 2.40. The summed E-state index contributed by atoms with van der Waals surface area (Å²) in [6.45, 7) is 6.11. The van der Waals surface area contributed by atoms with Crippen LogP contribution in [0.4, 0.5) is 0 Å². The van der Waals surface area contributed by atoms with E-state index in [9.17, 15) is 8.42 Å². The molecular formula is C14H20N3O2S+. The molecule has 5 nitrogen and oxygen atoms in total. The van der Waals surface area contributed by atoms with E-state index in [-0.39, 0.29) is 6.04 Å². The topological polar surface area (TPSA) is 65.6 Å². The number of piperazine rings is 1. The van der Waals surface area contributed by atoms with Gasteiger partial charge in [0.25, 0.3) is 0 Å². The summed E-state index contributed by atoms with van der Waals surface area (Å²) in [7, 11) is -3.40. The molecule has 1 atom stereocenters. The molecule has 1 N–H and O–H groups in total. The monoisotopic (exact) mass is 294 g/mol. The molecule has 1 aliphatic heterocycles. The summed E-state index contributed by atoms with van der Waals surface area (Å²) in [4.78, 5) is 1.50. The van der Waals surface area contributed by atoms with Crippen LogP contribution in [0.3, 0.4) is 0 Å². The van der Waals surface area contributed by atoms with Crippen LogP contribution in [0.2, 0.25) is 0 Å². The zero-order valence-electron chi connectivity index (χ0n) is 11.8. The highest BCUT2D eigenvalue weighted by atomic mass is 32.2. The van der Waals surface area contributed by atoms with Crippen molar-refractivity contribution in [1.82, 2.24) is 4.31 Å². The van der Waals surface area contributed by atoms with Gasteiger partial charge in [0.15, 0.2) is 6.04 Å². The molecule has 1 aromatic rings. The largest absolute Gasteiger partial charge is 0.319 e. The molecule has 0 saturated carbocycles. The van der Waals surface area contributed by atoms with E-state index in [1.165, 1.54) is 4.31 Å². The molecule has 1 saturated heterocycles. The molecule has 1 aromatic carbocycles. The minimum atomic E-state index is -3.40. The molecule has 20 heavy (non-hydrogen) atoms. The molecule has 0 amide bonds. The van der Waals surface area contributed by atoms with Gasteiger partial charge in [-0.15, -0.1) is 0 Å². The lowest BCUT2D eigenvalue weighted by atomic mass is 10.2. The van der Waals surface area contributed by atoms with E-state index in [1.807, 2.05) is 26.0 Å². The summed E-state index contributed by atoms with van der Waals surface area (Å²) in [5.74, 6) is 0. The van der Waals surface area contributed by atoms with E-state index in [0.717, 1.165) is 10.5 Å². The van der Waals surface area contributed by atoms with Gasteiger partial charge in [-0.1, -0.05) is 17.7 Å². The van der Waals surface area contributed by atoms with Crippen molar-refractivity contribution in [2.75, 3.05) is 26.2 Å². The van der Waals surface area contributed by atoms with Gasteiger partial charge in [0.2, 0.25) is 10.0 Å². The maximum atomic E-state index is 12.5. The Morgan fingerprint density at radius 3 is 2.30 bits per heavy atom. The predicted molar refractivity (Wildman–Crippen MR) is 75.7 cm³/mol. The number of nitrogens with one attached hydrogen (secondary N) is 1. The first-order chi connectivity index (χ1) is 9.45. The van der Waals surface area contributed by atoms with Crippen LogP contribution in [0, 0.1) is 18.3 Å². The van der Waals surface area contributed by atoms with Crippen LogP contribution < -0.4 is 4.90 Å². The Morgan fingerprint density at radius 2 is 1.80 bits per heavy atom. The van der Waals surface area contributed by atoms with Gasteiger partial charge >= 0.3 is 0 Å². The number of aryl methyl sites for hydroxylation is 1. The second-order valence-corrected chi connectivity index (χ2v) is 7.16. The third-order valence-electron chi connectivity index (χ3n) is 3.83. The Labute approximate surface area is 120 Å². The lowest BCUT2D eigenvalue weighted by molar-refractivity contribution is -0.918. The van der Waals surface area contributed by atoms with E-state index in [0.29, 0.717) is 31.1 Å². The minimum absolute atomic E-state index is 0.0840. The van der Waals surface area contributed by atoms with E-state index in [1.54, 1.807) is 12.1 Å². The Kier molecular flexibility index (Phi) is 4.43. The van der Waals surface area contributed by atoms with Crippen molar-refractivity contribution >= 4 is 10.0 Å². The number of quaternary nitrogens is 1. The third kappa shape index (κ3) is 3.01. The van der Waals surface area contributed by atoms with E-state index in [4.69, 9.17) is 5.26 Å². The number of nitriles is 1. The lowest BCUT2D eigenvalue weighted by Crippen LogP contribution is -3.17. The van der Waals surface area contributed by atoms with Crippen molar-refractivity contribution in [2.24, 2.45) is 0 Å². The van der Waals surface area contributed by atoms with Crippen LogP contribution >= 0.6 is 0 Å². The lowest BCUT2D eigenvalue weighted by Gasteiger charge is -2.32. The van der Waals surface area contributed by atoms with Crippen molar-refractivity contribution < 1.29 is 13.3 Å². The molecule has 1 fully saturated rings. The van der Waals surface area contributed by atoms with Crippen molar-refractivity contribution in [3.05, 3.63) is 29.8 Å². The molecule has 0 spiro atoms. The molecule has 6 heteroatoms. The second kappa shape index (κ2) is 5.92. The van der Waals surface area contributed by atoms with Crippen molar-refractivity contribution in [1.29, 1.82) is 5.26 Å². The van der Waals surface area contributed by atoms with Gasteiger partial charge in [0.1, 0.15) is 6.07 Å². The number of rotatable bonds is 3. The van der Waals surface area contributed by atoms with Gasteiger partial charge in [0.05, 0.1) is 31.1 Å². The quantitative estimate of drug-likeness (QED) is 0.839. The van der Waals surface area contributed by atoms with Crippen molar-refractivity contribution in [2.45, 2.75) is 24.8 Å². The molecule has 0 unspecified atom stereocenters. The highest BCUT2D eigenvalue weighted by molar-refractivity contribution is 7.89. The average Bonchev–Trinajstić information content (AvgIpc) is 2.47. The molecule has 0 aromatic heterocycles. The first-order valence-electron chi connectivity index (χ1n) is 6.76. The first kappa shape index (κ1) is 15.0. The summed E-state index contributed by atoms with van der Waals surface area (Å²) in [5.41, 5.74) is 1.04. The fraction of sp³-hybridized carbons (Fsp3) is 0.500. The van der Waals surface area contributed by atoms with Gasteiger partial charge in [-0.05, 0) is 19.1 Å². The number of hydrogen-bond donors (Lipinski definition) is 1. The summed E-state index contributed by atoms with van der Waals surface area (Å²) in [6.07, 6.45) is 0. The van der Waals surface area contributed by atoms with Crippen LogP contribution in [0.25, 0.3) is 0 Å². The van der Waals surface area contributed by atoms with Gasteiger partial charge in [-0.3, -0.25) is 0 Å². The minimum Gasteiger partial charge on any atom is -0.319 e. The maximum Gasteiger partial charge on any atom is 0.243 e. The van der Waals surface area contributed by atoms with Gasteiger partial charge in [0, 0.05) is 6.92 Å². The van der Waals surface area contributed by atoms with Crippen LogP contribution in [0.1, 0.15) is 12.5 Å². The summed E-state index contributed by atoms with van der Waals surface area (Å²) in [6, 6.07) is 9.07. The zero-order chi connectivity index (χ0) is 14.8. The second-order valence-electron chi connectivity index (χ2n) is 5.23. The molecule has 2 rings (SSSR count). The number of sulfonamides is 1. The molecule has 0 aliphatic carbocycles. The fourth-order valence-corrected chi connectivity index (χ4v) is 3.84. The molecule has 0 radical (unpaired) electrons. The van der Waals surface area contributed by atoms with Crippen molar-refractivity contribution in [3.8, 4) is 6.07 Å². The van der Waals surface area contributed by atoms with Crippen molar-refractivity contribution in [3.63, 3.8) is 0 Å². The van der Waals surface area contributed by atoms with E-state index in [2.05, 4.69) is 6.07 Å². The Hall–Kier alpha value is -1.42. The number of benzene rings is 1. The summed E-state index contributed by atoms with van der Waals surface area (Å²) in [5, 5.41) is 8.91. The highest BCUT2D eigenvalue weighted by Crippen LogP contribution is 2.16. The Bertz CT molecular complexity index is 596. The van der Waals surface area contributed by atoms with Gasteiger partial charge in [-0.2, -0.15) is 9.57 Å². The summed E-state index contributed by atoms with van der Waals surface area (Å²) >= 11 is 0. The maximum absolute atomic E-state index is 12.5. The standard InChI is InChI=1S/C14H19N3O2S/c1-12-3-5-14(6-4-12)20(18,19)17-9-7-16(8-10-17)13(2)11-15/h3-6,13H,7-10H2,1-2H3/p+1/t13-/m1/s1. The molecule has 0 bridgehead atoms. The first-order valence-corrected chi connectivity index (χ1v) is 8.20. The van der Waals surface area contributed by atoms with Crippen LogP contribution in [0.15, 0.2) is 29.2 Å². The van der Waals surface area contributed by atoms with Crippen LogP contribution in [-0.2, 0) is 10.0 Å². The van der Waals surface area contributed by atoms with E-state index < -0.39 is 10.0 Å². The SMILES string of the molecule is Cc1ccc(S(=O)(=O)N2CC[NH+]([C@H](C)C#N)CC2)cc1. The zero-order valence-corrected chi connectivity index (χ0v) is 12.7. The smallest absolute Gasteiger partial charge is 0.243 e.